The van der Waals surface area contributed by atoms with E-state index < -0.39 is 5.97 Å². The van der Waals surface area contributed by atoms with Gasteiger partial charge in [-0.05, 0) is 61.6 Å². The molecule has 1 fully saturated rings. The molecular formula is C17H21ClO2. The molecule has 1 unspecified atom stereocenters. The van der Waals surface area contributed by atoms with Gasteiger partial charge < -0.3 is 5.11 Å². The van der Waals surface area contributed by atoms with Gasteiger partial charge in [-0.3, -0.25) is 4.79 Å². The Kier molecular flexibility index (Phi) is 5.24. The average molecular weight is 293 g/mol. The summed E-state index contributed by atoms with van der Waals surface area (Å²) < 4.78 is 0. The molecule has 0 saturated heterocycles. The van der Waals surface area contributed by atoms with E-state index in [1.807, 2.05) is 12.1 Å². The molecule has 0 heterocycles. The van der Waals surface area contributed by atoms with E-state index >= 15 is 0 Å². The van der Waals surface area contributed by atoms with Gasteiger partial charge in [0.05, 0.1) is 5.92 Å². The molecule has 1 saturated carbocycles. The lowest BCUT2D eigenvalue weighted by atomic mass is 9.73. The summed E-state index contributed by atoms with van der Waals surface area (Å²) in [7, 11) is 0. The smallest absolute Gasteiger partial charge is 0.307 e. The molecule has 1 aliphatic carbocycles. The molecule has 20 heavy (non-hydrogen) atoms. The molecule has 1 aromatic rings. The number of carbonyl (C=O) groups is 1. The van der Waals surface area contributed by atoms with Crippen LogP contribution in [0.4, 0.5) is 0 Å². The first-order chi connectivity index (χ1) is 9.61. The highest BCUT2D eigenvalue weighted by atomic mass is 35.5. The van der Waals surface area contributed by atoms with Gasteiger partial charge in [0.15, 0.2) is 0 Å². The van der Waals surface area contributed by atoms with E-state index in [2.05, 4.69) is 18.7 Å². The van der Waals surface area contributed by atoms with Gasteiger partial charge in [0, 0.05) is 5.02 Å². The lowest BCUT2D eigenvalue weighted by molar-refractivity contribution is -0.144. The average Bonchev–Trinajstić information content (AvgIpc) is 2.45. The van der Waals surface area contributed by atoms with E-state index in [-0.39, 0.29) is 11.8 Å². The number of carboxylic acids is 1. The van der Waals surface area contributed by atoms with Crippen LogP contribution in [0.1, 0.15) is 43.6 Å². The van der Waals surface area contributed by atoms with Gasteiger partial charge in [-0.1, -0.05) is 29.8 Å². The Hall–Kier alpha value is -1.28. The van der Waals surface area contributed by atoms with Gasteiger partial charge in [-0.15, -0.1) is 6.58 Å². The fourth-order valence-electron chi connectivity index (χ4n) is 3.26. The largest absolute Gasteiger partial charge is 0.481 e. The van der Waals surface area contributed by atoms with Crippen LogP contribution in [0, 0.1) is 11.8 Å². The second kappa shape index (κ2) is 6.94. The first-order valence-corrected chi connectivity index (χ1v) is 7.58. The van der Waals surface area contributed by atoms with Crippen molar-refractivity contribution in [1.29, 1.82) is 0 Å². The van der Waals surface area contributed by atoms with E-state index in [4.69, 9.17) is 11.6 Å². The molecular weight excluding hydrogens is 272 g/mol. The van der Waals surface area contributed by atoms with Crippen molar-refractivity contribution in [2.45, 2.75) is 38.0 Å². The number of aliphatic carboxylic acids is 1. The molecule has 2 nitrogen and oxygen atoms in total. The van der Waals surface area contributed by atoms with Gasteiger partial charge >= 0.3 is 5.97 Å². The van der Waals surface area contributed by atoms with Gasteiger partial charge in [0.1, 0.15) is 0 Å². The minimum atomic E-state index is -0.681. The summed E-state index contributed by atoms with van der Waals surface area (Å²) in [6, 6.07) is 8.04. The number of hydrogen-bond acceptors (Lipinski definition) is 1. The van der Waals surface area contributed by atoms with Gasteiger partial charge in [0.25, 0.3) is 0 Å². The fourth-order valence-corrected chi connectivity index (χ4v) is 3.39. The van der Waals surface area contributed by atoms with E-state index in [1.54, 1.807) is 6.08 Å². The zero-order valence-electron chi connectivity index (χ0n) is 11.6. The van der Waals surface area contributed by atoms with Gasteiger partial charge in [-0.2, -0.15) is 0 Å². The van der Waals surface area contributed by atoms with Crippen molar-refractivity contribution < 1.29 is 9.90 Å². The summed E-state index contributed by atoms with van der Waals surface area (Å²) in [5.41, 5.74) is 1.32. The second-order valence-corrected chi connectivity index (χ2v) is 6.07. The van der Waals surface area contributed by atoms with Crippen LogP contribution in [0.15, 0.2) is 36.9 Å². The second-order valence-electron chi connectivity index (χ2n) is 5.63. The summed E-state index contributed by atoms with van der Waals surface area (Å²) in [6.45, 7) is 3.67. The normalized spacial score (nSPS) is 24.1. The Morgan fingerprint density at radius 3 is 2.40 bits per heavy atom. The molecule has 0 amide bonds. The lowest BCUT2D eigenvalue weighted by Gasteiger charge is -2.32. The summed E-state index contributed by atoms with van der Waals surface area (Å²) >= 11 is 5.91. The minimum Gasteiger partial charge on any atom is -0.481 e. The van der Waals surface area contributed by atoms with Gasteiger partial charge in [-0.25, -0.2) is 0 Å². The first kappa shape index (κ1) is 15.1. The third-order valence-corrected chi connectivity index (χ3v) is 4.67. The van der Waals surface area contributed by atoms with Crippen LogP contribution in [0.3, 0.4) is 0 Å². The first-order valence-electron chi connectivity index (χ1n) is 7.21. The number of rotatable bonds is 5. The molecule has 1 aliphatic rings. The zero-order valence-corrected chi connectivity index (χ0v) is 12.4. The highest BCUT2D eigenvalue weighted by Gasteiger charge is 2.31. The Morgan fingerprint density at radius 2 is 1.90 bits per heavy atom. The molecule has 0 aliphatic heterocycles. The Balaban J connectivity index is 1.96. The Morgan fingerprint density at radius 1 is 1.30 bits per heavy atom. The van der Waals surface area contributed by atoms with Crippen LogP contribution < -0.4 is 0 Å². The number of halogens is 1. The molecule has 108 valence electrons. The summed E-state index contributed by atoms with van der Waals surface area (Å²) in [5.74, 6) is -0.116. The van der Waals surface area contributed by atoms with Crippen molar-refractivity contribution in [3.8, 4) is 0 Å². The van der Waals surface area contributed by atoms with Crippen LogP contribution >= 0.6 is 11.6 Å². The SMILES string of the molecule is C=CCC(C(=O)O)C1CCC(c2ccc(Cl)cc2)CC1. The molecule has 1 N–H and O–H groups in total. The number of benzene rings is 1. The number of carboxylic acid groups (broad SMARTS) is 1. The Bertz CT molecular complexity index is 458. The van der Waals surface area contributed by atoms with Crippen molar-refractivity contribution in [2.75, 3.05) is 0 Å². The summed E-state index contributed by atoms with van der Waals surface area (Å²) in [4.78, 5) is 11.3. The van der Waals surface area contributed by atoms with E-state index in [0.29, 0.717) is 12.3 Å². The van der Waals surface area contributed by atoms with Crippen molar-refractivity contribution in [3.05, 3.63) is 47.5 Å². The van der Waals surface area contributed by atoms with Crippen LogP contribution in [0.2, 0.25) is 5.02 Å². The fraction of sp³-hybridized carbons (Fsp3) is 0.471. The van der Waals surface area contributed by atoms with Crippen LogP contribution in [-0.2, 0) is 4.79 Å². The zero-order chi connectivity index (χ0) is 14.5. The third-order valence-electron chi connectivity index (χ3n) is 4.42. The predicted octanol–water partition coefficient (Wildman–Crippen LogP) is 4.89. The van der Waals surface area contributed by atoms with Crippen LogP contribution in [0.5, 0.6) is 0 Å². The van der Waals surface area contributed by atoms with Crippen LogP contribution in [0.25, 0.3) is 0 Å². The summed E-state index contributed by atoms with van der Waals surface area (Å²) in [6.07, 6.45) is 6.40. The van der Waals surface area contributed by atoms with Crippen molar-refractivity contribution in [1.82, 2.24) is 0 Å². The third kappa shape index (κ3) is 3.63. The molecule has 1 atom stereocenters. The molecule has 0 bridgehead atoms. The van der Waals surface area contributed by atoms with E-state index in [1.165, 1.54) is 5.56 Å². The maximum atomic E-state index is 11.3. The standard InChI is InChI=1S/C17H21ClO2/c1-2-3-16(17(19)20)14-6-4-12(5-7-14)13-8-10-15(18)11-9-13/h2,8-12,14,16H,1,3-7H2,(H,19,20). The summed E-state index contributed by atoms with van der Waals surface area (Å²) in [5, 5.41) is 10.1. The molecule has 0 spiro atoms. The molecule has 0 radical (unpaired) electrons. The maximum Gasteiger partial charge on any atom is 0.307 e. The number of hydrogen-bond donors (Lipinski definition) is 1. The van der Waals surface area contributed by atoms with E-state index in [9.17, 15) is 9.90 Å². The minimum absolute atomic E-state index is 0.265. The number of allylic oxidation sites excluding steroid dienone is 1. The monoisotopic (exact) mass is 292 g/mol. The highest BCUT2D eigenvalue weighted by Crippen LogP contribution is 2.40. The molecule has 2 rings (SSSR count). The Labute approximate surface area is 125 Å². The van der Waals surface area contributed by atoms with Crippen LogP contribution in [-0.4, -0.2) is 11.1 Å². The lowest BCUT2D eigenvalue weighted by Crippen LogP contribution is -2.26. The predicted molar refractivity (Wildman–Crippen MR) is 82.1 cm³/mol. The molecule has 0 aromatic heterocycles. The van der Waals surface area contributed by atoms with E-state index in [0.717, 1.165) is 30.7 Å². The highest BCUT2D eigenvalue weighted by molar-refractivity contribution is 6.30. The molecule has 3 heteroatoms. The maximum absolute atomic E-state index is 11.3. The van der Waals surface area contributed by atoms with Gasteiger partial charge in [0.2, 0.25) is 0 Å². The quantitative estimate of drug-likeness (QED) is 0.785. The van der Waals surface area contributed by atoms with Crippen molar-refractivity contribution in [3.63, 3.8) is 0 Å². The van der Waals surface area contributed by atoms with Crippen molar-refractivity contribution >= 4 is 17.6 Å². The van der Waals surface area contributed by atoms with Crippen molar-refractivity contribution in [2.24, 2.45) is 11.8 Å². The molecule has 1 aromatic carbocycles. The topological polar surface area (TPSA) is 37.3 Å².